The Hall–Kier alpha value is -0.430. The summed E-state index contributed by atoms with van der Waals surface area (Å²) in [6.07, 6.45) is 5.53. The first-order chi connectivity index (χ1) is 6.35. The van der Waals surface area contributed by atoms with E-state index in [0.717, 1.165) is 0 Å². The monoisotopic (exact) mass is 192 g/mol. The van der Waals surface area contributed by atoms with Crippen molar-refractivity contribution in [3.63, 3.8) is 0 Å². The fourth-order valence-corrected chi connectivity index (χ4v) is 3.14. The molecule has 0 aliphatic heterocycles. The molecule has 1 aromatic carbocycles. The van der Waals surface area contributed by atoms with Gasteiger partial charge in [-0.2, -0.15) is 0 Å². The van der Waals surface area contributed by atoms with E-state index in [1.165, 1.54) is 30.6 Å². The average Bonchev–Trinajstić information content (AvgIpc) is 2.87. The first-order valence-electron chi connectivity index (χ1n) is 5.09. The van der Waals surface area contributed by atoms with E-state index in [0.29, 0.717) is 4.75 Å². The van der Waals surface area contributed by atoms with Gasteiger partial charge in [-0.3, -0.25) is 0 Å². The highest BCUT2D eigenvalue weighted by atomic mass is 32.2. The second-order valence-corrected chi connectivity index (χ2v) is 5.39. The lowest BCUT2D eigenvalue weighted by Gasteiger charge is -2.12. The maximum atomic E-state index is 2.28. The average molecular weight is 192 g/mol. The Balaban J connectivity index is 1.98. The third-order valence-corrected chi connectivity index (χ3v) is 4.14. The second kappa shape index (κ2) is 3.75. The minimum atomic E-state index is 0.621. The smallest absolute Gasteiger partial charge is 0.0208 e. The van der Waals surface area contributed by atoms with Gasteiger partial charge in [-0.15, -0.1) is 11.8 Å². The Morgan fingerprint density at radius 1 is 1.23 bits per heavy atom. The standard InChI is InChI=1S/C12H16S/c1-2-8-12(9-10-12)13-11-6-4-3-5-7-11/h3-7H,2,8-10H2,1H3. The molecule has 0 unspecified atom stereocenters. The molecule has 0 spiro atoms. The first kappa shape index (κ1) is 9.14. The SMILES string of the molecule is CCCC1(Sc2ccccc2)CC1. The van der Waals surface area contributed by atoms with E-state index in [1.807, 2.05) is 0 Å². The fraction of sp³-hybridized carbons (Fsp3) is 0.500. The topological polar surface area (TPSA) is 0 Å². The molecule has 70 valence electrons. The maximum absolute atomic E-state index is 2.28. The van der Waals surface area contributed by atoms with Crippen LogP contribution in [0.1, 0.15) is 32.6 Å². The third kappa shape index (κ3) is 2.28. The van der Waals surface area contributed by atoms with Crippen molar-refractivity contribution in [3.05, 3.63) is 30.3 Å². The van der Waals surface area contributed by atoms with Crippen LogP contribution in [-0.2, 0) is 0 Å². The summed E-state index contributed by atoms with van der Waals surface area (Å²) in [5.74, 6) is 0. The van der Waals surface area contributed by atoms with Gasteiger partial charge in [0.25, 0.3) is 0 Å². The molecule has 0 radical (unpaired) electrons. The molecule has 0 aromatic heterocycles. The summed E-state index contributed by atoms with van der Waals surface area (Å²) in [4.78, 5) is 1.44. The molecule has 2 rings (SSSR count). The number of hydrogen-bond acceptors (Lipinski definition) is 1. The van der Waals surface area contributed by atoms with Crippen molar-refractivity contribution in [2.45, 2.75) is 42.2 Å². The van der Waals surface area contributed by atoms with Crippen LogP contribution in [0.2, 0.25) is 0 Å². The number of thioether (sulfide) groups is 1. The zero-order chi connectivity index (χ0) is 9.15. The molecule has 1 aliphatic rings. The Morgan fingerprint density at radius 3 is 2.46 bits per heavy atom. The van der Waals surface area contributed by atoms with E-state index >= 15 is 0 Å². The third-order valence-electron chi connectivity index (χ3n) is 2.59. The van der Waals surface area contributed by atoms with E-state index < -0.39 is 0 Å². The highest BCUT2D eigenvalue weighted by Crippen LogP contribution is 2.54. The van der Waals surface area contributed by atoms with Gasteiger partial charge in [0, 0.05) is 9.64 Å². The van der Waals surface area contributed by atoms with E-state index in [4.69, 9.17) is 0 Å². The summed E-state index contributed by atoms with van der Waals surface area (Å²) < 4.78 is 0.621. The summed E-state index contributed by atoms with van der Waals surface area (Å²) in [6.45, 7) is 2.28. The molecule has 1 aliphatic carbocycles. The van der Waals surface area contributed by atoms with Crippen LogP contribution in [0.5, 0.6) is 0 Å². The van der Waals surface area contributed by atoms with E-state index in [9.17, 15) is 0 Å². The molecule has 0 heterocycles. The number of hydrogen-bond donors (Lipinski definition) is 0. The van der Waals surface area contributed by atoms with Crippen molar-refractivity contribution in [2.24, 2.45) is 0 Å². The summed E-state index contributed by atoms with van der Waals surface area (Å²) in [5, 5.41) is 0. The summed E-state index contributed by atoms with van der Waals surface area (Å²) in [6, 6.07) is 10.8. The fourth-order valence-electron chi connectivity index (χ4n) is 1.74. The van der Waals surface area contributed by atoms with Gasteiger partial charge in [-0.25, -0.2) is 0 Å². The van der Waals surface area contributed by atoms with Gasteiger partial charge in [0.05, 0.1) is 0 Å². The predicted octanol–water partition coefficient (Wildman–Crippen LogP) is 4.11. The van der Waals surface area contributed by atoms with E-state index in [-0.39, 0.29) is 0 Å². The summed E-state index contributed by atoms with van der Waals surface area (Å²) in [7, 11) is 0. The molecule has 0 bridgehead atoms. The minimum absolute atomic E-state index is 0.621. The van der Waals surface area contributed by atoms with Gasteiger partial charge in [0.1, 0.15) is 0 Å². The van der Waals surface area contributed by atoms with Crippen LogP contribution in [0.15, 0.2) is 35.2 Å². The quantitative estimate of drug-likeness (QED) is 0.691. The normalized spacial score (nSPS) is 18.5. The van der Waals surface area contributed by atoms with Crippen LogP contribution in [0, 0.1) is 0 Å². The van der Waals surface area contributed by atoms with E-state index in [1.54, 1.807) is 0 Å². The molecule has 13 heavy (non-hydrogen) atoms. The molecule has 1 saturated carbocycles. The van der Waals surface area contributed by atoms with Crippen molar-refractivity contribution >= 4 is 11.8 Å². The minimum Gasteiger partial charge on any atom is -0.119 e. The molecular weight excluding hydrogens is 176 g/mol. The van der Waals surface area contributed by atoms with Crippen molar-refractivity contribution in [3.8, 4) is 0 Å². The molecule has 1 heteroatoms. The van der Waals surface area contributed by atoms with Gasteiger partial charge >= 0.3 is 0 Å². The Labute approximate surface area is 84.7 Å². The molecular formula is C12H16S. The zero-order valence-corrected chi connectivity index (χ0v) is 8.94. The maximum Gasteiger partial charge on any atom is 0.0208 e. The van der Waals surface area contributed by atoms with Crippen LogP contribution in [-0.4, -0.2) is 4.75 Å². The van der Waals surface area contributed by atoms with Crippen molar-refractivity contribution in [1.82, 2.24) is 0 Å². The number of benzene rings is 1. The van der Waals surface area contributed by atoms with E-state index in [2.05, 4.69) is 49.0 Å². The zero-order valence-electron chi connectivity index (χ0n) is 8.12. The predicted molar refractivity (Wildman–Crippen MR) is 59.2 cm³/mol. The molecule has 0 amide bonds. The highest BCUT2D eigenvalue weighted by molar-refractivity contribution is 8.01. The lowest BCUT2D eigenvalue weighted by molar-refractivity contribution is 0.748. The summed E-state index contributed by atoms with van der Waals surface area (Å²) in [5.41, 5.74) is 0. The number of rotatable bonds is 4. The van der Waals surface area contributed by atoms with Crippen molar-refractivity contribution < 1.29 is 0 Å². The van der Waals surface area contributed by atoms with Gasteiger partial charge in [-0.1, -0.05) is 31.5 Å². The molecule has 0 saturated heterocycles. The molecule has 0 N–H and O–H groups in total. The lowest BCUT2D eigenvalue weighted by atomic mass is 10.2. The largest absolute Gasteiger partial charge is 0.119 e. The van der Waals surface area contributed by atoms with Crippen LogP contribution in [0.3, 0.4) is 0 Å². The van der Waals surface area contributed by atoms with Gasteiger partial charge < -0.3 is 0 Å². The molecule has 0 nitrogen and oxygen atoms in total. The Kier molecular flexibility index (Phi) is 2.63. The first-order valence-corrected chi connectivity index (χ1v) is 5.90. The molecule has 0 atom stereocenters. The van der Waals surface area contributed by atoms with Gasteiger partial charge in [0.15, 0.2) is 0 Å². The lowest BCUT2D eigenvalue weighted by Crippen LogP contribution is -2.00. The van der Waals surface area contributed by atoms with Gasteiger partial charge in [0.2, 0.25) is 0 Å². The van der Waals surface area contributed by atoms with Crippen molar-refractivity contribution in [1.29, 1.82) is 0 Å². The van der Waals surface area contributed by atoms with Crippen LogP contribution < -0.4 is 0 Å². The van der Waals surface area contributed by atoms with Crippen LogP contribution in [0.25, 0.3) is 0 Å². The Bertz CT molecular complexity index is 262. The highest BCUT2D eigenvalue weighted by Gasteiger charge is 2.42. The van der Waals surface area contributed by atoms with Crippen LogP contribution in [0.4, 0.5) is 0 Å². The molecule has 1 aromatic rings. The van der Waals surface area contributed by atoms with Gasteiger partial charge in [-0.05, 0) is 31.4 Å². The Morgan fingerprint density at radius 2 is 1.92 bits per heavy atom. The summed E-state index contributed by atoms with van der Waals surface area (Å²) >= 11 is 2.08. The second-order valence-electron chi connectivity index (χ2n) is 3.85. The van der Waals surface area contributed by atoms with Crippen LogP contribution >= 0.6 is 11.8 Å². The molecule has 1 fully saturated rings. The van der Waals surface area contributed by atoms with Crippen molar-refractivity contribution in [2.75, 3.05) is 0 Å².